The molecule has 1 atom stereocenters. The molecular weight excluding hydrogens is 320 g/mol. The molecule has 2 heterocycles. The van der Waals surface area contributed by atoms with Crippen LogP contribution in [-0.4, -0.2) is 27.0 Å². The average molecular weight is 336 g/mol. The third-order valence-corrected chi connectivity index (χ3v) is 4.41. The smallest absolute Gasteiger partial charge is 0.313 e. The topological polar surface area (TPSA) is 126 Å². The third kappa shape index (κ3) is 2.67. The highest BCUT2D eigenvalue weighted by atomic mass is 16.2. The first-order valence-corrected chi connectivity index (χ1v) is 7.90. The Labute approximate surface area is 142 Å². The molecule has 8 nitrogen and oxygen atoms in total. The molecule has 25 heavy (non-hydrogen) atoms. The summed E-state index contributed by atoms with van der Waals surface area (Å²) in [6, 6.07) is 7.77. The van der Waals surface area contributed by atoms with Gasteiger partial charge in [-0.3, -0.25) is 14.7 Å². The van der Waals surface area contributed by atoms with E-state index in [2.05, 4.69) is 25.8 Å². The van der Waals surface area contributed by atoms with Crippen molar-refractivity contribution in [3.05, 3.63) is 47.8 Å². The number of aryl methyl sites for hydroxylation is 1. The van der Waals surface area contributed by atoms with Crippen LogP contribution in [0, 0.1) is 0 Å². The molecule has 3 aromatic rings. The van der Waals surface area contributed by atoms with Crippen LogP contribution >= 0.6 is 0 Å². The normalized spacial score (nSPS) is 15.8. The van der Waals surface area contributed by atoms with Gasteiger partial charge in [0.25, 0.3) is 0 Å². The number of rotatable bonds is 2. The summed E-state index contributed by atoms with van der Waals surface area (Å²) < 4.78 is 0. The average Bonchev–Trinajstić information content (AvgIpc) is 3.25. The lowest BCUT2D eigenvalue weighted by Crippen LogP contribution is -2.37. The summed E-state index contributed by atoms with van der Waals surface area (Å²) in [6.45, 7) is 0. The van der Waals surface area contributed by atoms with Crippen LogP contribution in [0.2, 0.25) is 0 Å². The van der Waals surface area contributed by atoms with Gasteiger partial charge in [-0.05, 0) is 24.0 Å². The summed E-state index contributed by atoms with van der Waals surface area (Å²) in [4.78, 5) is 28.5. The van der Waals surface area contributed by atoms with Gasteiger partial charge >= 0.3 is 11.8 Å². The van der Waals surface area contributed by atoms with E-state index in [1.54, 1.807) is 0 Å². The van der Waals surface area contributed by atoms with Crippen molar-refractivity contribution in [3.8, 4) is 0 Å². The summed E-state index contributed by atoms with van der Waals surface area (Å²) in [7, 11) is 0. The van der Waals surface area contributed by atoms with Crippen LogP contribution in [0.3, 0.4) is 0 Å². The summed E-state index contributed by atoms with van der Waals surface area (Å²) in [6.07, 6.45) is 4.58. The van der Waals surface area contributed by atoms with E-state index in [4.69, 9.17) is 5.73 Å². The molecule has 8 heteroatoms. The van der Waals surface area contributed by atoms with Gasteiger partial charge in [-0.2, -0.15) is 5.10 Å². The maximum Gasteiger partial charge on any atom is 0.313 e. The van der Waals surface area contributed by atoms with E-state index in [0.717, 1.165) is 18.4 Å². The van der Waals surface area contributed by atoms with Crippen LogP contribution in [0.25, 0.3) is 10.9 Å². The molecule has 4 rings (SSSR count). The van der Waals surface area contributed by atoms with Crippen LogP contribution in [0.4, 0.5) is 11.5 Å². The zero-order valence-corrected chi connectivity index (χ0v) is 13.2. The molecule has 1 aliphatic rings. The Balaban J connectivity index is 1.49. The first kappa shape index (κ1) is 15.1. The van der Waals surface area contributed by atoms with Crippen LogP contribution in [-0.2, 0) is 16.0 Å². The first-order valence-electron chi connectivity index (χ1n) is 7.90. The summed E-state index contributed by atoms with van der Waals surface area (Å²) in [5.41, 5.74) is 8.90. The second-order valence-corrected chi connectivity index (χ2v) is 5.93. The molecule has 0 saturated carbocycles. The summed E-state index contributed by atoms with van der Waals surface area (Å²) in [5, 5.41) is 12.6. The van der Waals surface area contributed by atoms with Crippen molar-refractivity contribution >= 4 is 34.2 Å². The fourth-order valence-electron chi connectivity index (χ4n) is 3.16. The molecule has 0 unspecified atom stereocenters. The molecule has 2 aromatic heterocycles. The molecule has 0 radical (unpaired) electrons. The van der Waals surface area contributed by atoms with Crippen LogP contribution in [0.1, 0.15) is 23.6 Å². The second-order valence-electron chi connectivity index (χ2n) is 5.93. The molecule has 5 N–H and O–H groups in total. The number of carbonyl (C=O) groups is 2. The fourth-order valence-corrected chi connectivity index (χ4v) is 3.16. The van der Waals surface area contributed by atoms with Crippen LogP contribution in [0.15, 0.2) is 36.7 Å². The minimum Gasteiger partial charge on any atom is -0.383 e. The van der Waals surface area contributed by atoms with Crippen molar-refractivity contribution < 1.29 is 9.59 Å². The predicted molar refractivity (Wildman–Crippen MR) is 92.6 cm³/mol. The number of anilines is 2. The van der Waals surface area contributed by atoms with E-state index in [1.807, 2.05) is 24.3 Å². The van der Waals surface area contributed by atoms with Gasteiger partial charge in [0.15, 0.2) is 0 Å². The number of nitrogens with one attached hydrogen (secondary N) is 3. The number of nitrogens with two attached hydrogens (primary N) is 1. The zero-order chi connectivity index (χ0) is 17.4. The number of pyridine rings is 1. The third-order valence-electron chi connectivity index (χ3n) is 4.41. The number of fused-ring (bicyclic) bond motifs is 2. The number of carbonyl (C=O) groups excluding carboxylic acids is 2. The molecule has 0 saturated heterocycles. The van der Waals surface area contributed by atoms with Gasteiger partial charge < -0.3 is 16.4 Å². The molecular formula is C17H16N6O2. The highest BCUT2D eigenvalue weighted by molar-refractivity contribution is 6.40. The van der Waals surface area contributed by atoms with Gasteiger partial charge in [0, 0.05) is 0 Å². The SMILES string of the molecule is Nc1ncc(NC(=O)C(=O)N[C@@H]2CCc3ccccc32)c2[nH]ncc12. The van der Waals surface area contributed by atoms with Gasteiger partial charge in [0.2, 0.25) is 0 Å². The number of nitrogens with zero attached hydrogens (tertiary/aromatic N) is 2. The van der Waals surface area contributed by atoms with Gasteiger partial charge in [0.05, 0.1) is 35.0 Å². The van der Waals surface area contributed by atoms with Gasteiger partial charge in [-0.1, -0.05) is 24.3 Å². The van der Waals surface area contributed by atoms with Crippen LogP contribution in [0.5, 0.6) is 0 Å². The number of nitrogen functional groups attached to an aromatic ring is 1. The number of amides is 2. The number of hydrogen-bond acceptors (Lipinski definition) is 5. The minimum absolute atomic E-state index is 0.147. The molecule has 0 fully saturated rings. The highest BCUT2D eigenvalue weighted by Crippen LogP contribution is 2.30. The Morgan fingerprint density at radius 2 is 2.04 bits per heavy atom. The fraction of sp³-hybridized carbons (Fsp3) is 0.176. The minimum atomic E-state index is -0.758. The largest absolute Gasteiger partial charge is 0.383 e. The Bertz CT molecular complexity index is 980. The number of H-pyrrole nitrogens is 1. The van der Waals surface area contributed by atoms with E-state index < -0.39 is 11.8 Å². The number of hydrogen-bond donors (Lipinski definition) is 4. The lowest BCUT2D eigenvalue weighted by atomic mass is 10.1. The summed E-state index contributed by atoms with van der Waals surface area (Å²) in [5.74, 6) is -1.15. The van der Waals surface area contributed by atoms with Gasteiger partial charge in [-0.15, -0.1) is 0 Å². The van der Waals surface area contributed by atoms with E-state index in [9.17, 15) is 9.59 Å². The number of aromatic amines is 1. The molecule has 0 spiro atoms. The molecule has 0 bridgehead atoms. The quantitative estimate of drug-likeness (QED) is 0.525. The van der Waals surface area contributed by atoms with Crippen molar-refractivity contribution in [3.63, 3.8) is 0 Å². The Morgan fingerprint density at radius 1 is 1.20 bits per heavy atom. The standard InChI is InChI=1S/C17H16N6O2/c18-15-11-7-20-23-14(11)13(8-19-15)22-17(25)16(24)21-12-6-5-9-3-1-2-4-10(9)12/h1-4,7-8,12H,5-6H2,(H2,18,19)(H,20,23)(H,21,24)(H,22,25)/t12-/m1/s1. The van der Waals surface area contributed by atoms with Crippen molar-refractivity contribution in [2.24, 2.45) is 0 Å². The zero-order valence-electron chi connectivity index (χ0n) is 13.2. The summed E-state index contributed by atoms with van der Waals surface area (Å²) >= 11 is 0. The van der Waals surface area contributed by atoms with Crippen molar-refractivity contribution in [2.75, 3.05) is 11.1 Å². The van der Waals surface area contributed by atoms with Gasteiger partial charge in [-0.25, -0.2) is 4.98 Å². The monoisotopic (exact) mass is 336 g/mol. The van der Waals surface area contributed by atoms with Gasteiger partial charge in [0.1, 0.15) is 5.82 Å². The number of benzene rings is 1. The molecule has 1 aromatic carbocycles. The Kier molecular flexibility index (Phi) is 3.57. The van der Waals surface area contributed by atoms with E-state index >= 15 is 0 Å². The van der Waals surface area contributed by atoms with Crippen molar-refractivity contribution in [1.82, 2.24) is 20.5 Å². The number of aromatic nitrogens is 3. The molecule has 1 aliphatic carbocycles. The lowest BCUT2D eigenvalue weighted by molar-refractivity contribution is -0.136. The van der Waals surface area contributed by atoms with E-state index in [-0.39, 0.29) is 6.04 Å². The predicted octanol–water partition coefficient (Wildman–Crippen LogP) is 1.28. The second kappa shape index (κ2) is 5.90. The van der Waals surface area contributed by atoms with E-state index in [1.165, 1.54) is 18.0 Å². The van der Waals surface area contributed by atoms with Crippen LogP contribution < -0.4 is 16.4 Å². The Morgan fingerprint density at radius 3 is 2.92 bits per heavy atom. The molecule has 2 amide bonds. The van der Waals surface area contributed by atoms with E-state index in [0.29, 0.717) is 22.4 Å². The Hall–Kier alpha value is -3.42. The molecule has 0 aliphatic heterocycles. The van der Waals surface area contributed by atoms with Crippen molar-refractivity contribution in [2.45, 2.75) is 18.9 Å². The maximum atomic E-state index is 12.3. The maximum absolute atomic E-state index is 12.3. The highest BCUT2D eigenvalue weighted by Gasteiger charge is 2.26. The first-order chi connectivity index (χ1) is 12.1. The lowest BCUT2D eigenvalue weighted by Gasteiger charge is -2.14. The molecule has 126 valence electrons. The van der Waals surface area contributed by atoms with Crippen molar-refractivity contribution in [1.29, 1.82) is 0 Å².